The highest BCUT2D eigenvalue weighted by molar-refractivity contribution is 5.70. The number of carbonyl (C=O) groups is 2. The third kappa shape index (κ3) is 5.00. The van der Waals surface area contributed by atoms with Crippen LogP contribution in [0.4, 0.5) is 4.79 Å². The Morgan fingerprint density at radius 3 is 2.35 bits per heavy atom. The monoisotopic (exact) mass is 286 g/mol. The molecule has 0 aliphatic carbocycles. The van der Waals surface area contributed by atoms with E-state index in [2.05, 4.69) is 0 Å². The fourth-order valence-corrected chi connectivity index (χ4v) is 2.32. The average Bonchev–Trinajstić information content (AvgIpc) is 2.25. The smallest absolute Gasteiger partial charge is 0.410 e. The van der Waals surface area contributed by atoms with Gasteiger partial charge >= 0.3 is 12.1 Å². The average molecular weight is 286 g/mol. The normalized spacial score (nSPS) is 21.1. The molecule has 6 nitrogen and oxygen atoms in total. The van der Waals surface area contributed by atoms with Gasteiger partial charge in [-0.05, 0) is 26.7 Å². The third-order valence-corrected chi connectivity index (χ3v) is 3.26. The van der Waals surface area contributed by atoms with Crippen molar-refractivity contribution < 1.29 is 19.4 Å². The number of aliphatic carboxylic acids is 1. The van der Waals surface area contributed by atoms with Crippen LogP contribution in [0.2, 0.25) is 0 Å². The van der Waals surface area contributed by atoms with Crippen LogP contribution in [0.1, 0.15) is 34.6 Å². The van der Waals surface area contributed by atoms with Gasteiger partial charge in [0.25, 0.3) is 0 Å². The van der Waals surface area contributed by atoms with Crippen molar-refractivity contribution in [3.05, 3.63) is 0 Å². The second-order valence-corrected chi connectivity index (χ2v) is 6.61. The van der Waals surface area contributed by atoms with Crippen LogP contribution in [0, 0.1) is 5.92 Å². The zero-order valence-corrected chi connectivity index (χ0v) is 13.0. The molecule has 0 spiro atoms. The molecule has 1 amide bonds. The van der Waals surface area contributed by atoms with Crippen LogP contribution in [-0.2, 0) is 9.53 Å². The Bertz CT molecular complexity index is 363. The van der Waals surface area contributed by atoms with Gasteiger partial charge in [0, 0.05) is 19.6 Å². The Kier molecular flexibility index (Phi) is 5.39. The summed E-state index contributed by atoms with van der Waals surface area (Å²) in [4.78, 5) is 26.6. The van der Waals surface area contributed by atoms with E-state index in [-0.39, 0.29) is 24.6 Å². The summed E-state index contributed by atoms with van der Waals surface area (Å²) in [5.74, 6) is -0.586. The van der Waals surface area contributed by atoms with Gasteiger partial charge < -0.3 is 14.7 Å². The molecule has 0 aromatic heterocycles. The molecule has 0 aromatic rings. The van der Waals surface area contributed by atoms with E-state index >= 15 is 0 Å². The molecule has 1 aliphatic rings. The molecular formula is C14H26N2O4. The molecule has 0 bridgehead atoms. The molecule has 116 valence electrons. The summed E-state index contributed by atoms with van der Waals surface area (Å²) in [6, 6.07) is -0.0158. The number of rotatable bonds is 3. The molecule has 0 saturated carbocycles. The fraction of sp³-hybridized carbons (Fsp3) is 0.857. The van der Waals surface area contributed by atoms with Gasteiger partial charge in [-0.25, -0.2) is 4.79 Å². The Balaban J connectivity index is 2.72. The highest BCUT2D eigenvalue weighted by Crippen LogP contribution is 2.20. The fourth-order valence-electron chi connectivity index (χ4n) is 2.32. The molecule has 1 atom stereocenters. The number of hydrogen-bond donors (Lipinski definition) is 1. The molecule has 1 N–H and O–H groups in total. The van der Waals surface area contributed by atoms with Crippen LogP contribution in [0.15, 0.2) is 0 Å². The minimum Gasteiger partial charge on any atom is -0.480 e. The Morgan fingerprint density at radius 1 is 1.30 bits per heavy atom. The second-order valence-electron chi connectivity index (χ2n) is 6.61. The lowest BCUT2D eigenvalue weighted by molar-refractivity contribution is -0.139. The predicted octanol–water partition coefficient (Wildman–Crippen LogP) is 1.65. The number of carboxylic acid groups (broad SMARTS) is 1. The van der Waals surface area contributed by atoms with Crippen LogP contribution in [0.25, 0.3) is 0 Å². The molecule has 1 saturated heterocycles. The van der Waals surface area contributed by atoms with Crippen molar-refractivity contribution >= 4 is 12.1 Å². The van der Waals surface area contributed by atoms with Gasteiger partial charge in [0.05, 0.1) is 12.6 Å². The quantitative estimate of drug-likeness (QED) is 0.854. The Morgan fingerprint density at radius 2 is 1.90 bits per heavy atom. The zero-order valence-electron chi connectivity index (χ0n) is 13.0. The number of ether oxygens (including phenoxy) is 1. The lowest BCUT2D eigenvalue weighted by Gasteiger charge is -2.43. The van der Waals surface area contributed by atoms with Gasteiger partial charge in [-0.2, -0.15) is 0 Å². The molecule has 1 rings (SSSR count). The Labute approximate surface area is 120 Å². The maximum Gasteiger partial charge on any atom is 0.410 e. The molecule has 6 heteroatoms. The van der Waals surface area contributed by atoms with Crippen LogP contribution < -0.4 is 0 Å². The molecular weight excluding hydrogens is 260 g/mol. The number of carboxylic acids is 1. The van der Waals surface area contributed by atoms with Crippen LogP contribution in [0.3, 0.4) is 0 Å². The number of nitrogens with zero attached hydrogens (tertiary/aromatic N) is 2. The minimum absolute atomic E-state index is 0.0158. The highest BCUT2D eigenvalue weighted by Gasteiger charge is 2.35. The maximum atomic E-state index is 12.2. The predicted molar refractivity (Wildman–Crippen MR) is 75.6 cm³/mol. The molecule has 1 heterocycles. The first-order chi connectivity index (χ1) is 9.10. The summed E-state index contributed by atoms with van der Waals surface area (Å²) < 4.78 is 5.43. The lowest BCUT2D eigenvalue weighted by Crippen LogP contribution is -2.58. The summed E-state index contributed by atoms with van der Waals surface area (Å²) in [5.41, 5.74) is -0.517. The number of piperazine rings is 1. The molecule has 0 radical (unpaired) electrons. The van der Waals surface area contributed by atoms with E-state index in [0.717, 1.165) is 0 Å². The largest absolute Gasteiger partial charge is 0.480 e. The van der Waals surface area contributed by atoms with Crippen LogP contribution >= 0.6 is 0 Å². The molecule has 0 aromatic carbocycles. The van der Waals surface area contributed by atoms with E-state index in [0.29, 0.717) is 19.6 Å². The van der Waals surface area contributed by atoms with Crippen molar-refractivity contribution in [1.82, 2.24) is 9.80 Å². The SMILES string of the molecule is CC(C)C1CN(CC(=O)O)CCN1C(=O)OC(C)(C)C. The van der Waals surface area contributed by atoms with Gasteiger partial charge in [-0.15, -0.1) is 0 Å². The third-order valence-electron chi connectivity index (χ3n) is 3.26. The van der Waals surface area contributed by atoms with E-state index in [9.17, 15) is 9.59 Å². The summed E-state index contributed by atoms with van der Waals surface area (Å²) in [6.45, 7) is 11.3. The van der Waals surface area contributed by atoms with E-state index < -0.39 is 11.6 Å². The lowest BCUT2D eigenvalue weighted by atomic mass is 10.00. The number of amides is 1. The van der Waals surface area contributed by atoms with Crippen molar-refractivity contribution in [2.24, 2.45) is 5.92 Å². The number of hydrogen-bond acceptors (Lipinski definition) is 4. The van der Waals surface area contributed by atoms with Crippen molar-refractivity contribution in [2.45, 2.75) is 46.3 Å². The van der Waals surface area contributed by atoms with Crippen molar-refractivity contribution in [3.63, 3.8) is 0 Å². The van der Waals surface area contributed by atoms with Crippen molar-refractivity contribution in [2.75, 3.05) is 26.2 Å². The van der Waals surface area contributed by atoms with Gasteiger partial charge in [0.2, 0.25) is 0 Å². The standard InChI is InChI=1S/C14H26N2O4/c1-10(2)11-8-15(9-12(17)18)6-7-16(11)13(19)20-14(3,4)5/h10-11H,6-9H2,1-5H3,(H,17,18). The first-order valence-electron chi connectivity index (χ1n) is 7.04. The van der Waals surface area contributed by atoms with Gasteiger partial charge in [0.15, 0.2) is 0 Å². The summed E-state index contributed by atoms with van der Waals surface area (Å²) in [6.07, 6.45) is -0.314. The van der Waals surface area contributed by atoms with Crippen molar-refractivity contribution in [1.29, 1.82) is 0 Å². The summed E-state index contributed by atoms with van der Waals surface area (Å²) >= 11 is 0. The van der Waals surface area contributed by atoms with E-state index in [4.69, 9.17) is 9.84 Å². The molecule has 1 aliphatic heterocycles. The highest BCUT2D eigenvalue weighted by atomic mass is 16.6. The first kappa shape index (κ1) is 16.8. The summed E-state index contributed by atoms with van der Waals surface area (Å²) in [5, 5.41) is 8.87. The molecule has 1 fully saturated rings. The van der Waals surface area contributed by atoms with Crippen LogP contribution in [-0.4, -0.2) is 64.8 Å². The topological polar surface area (TPSA) is 70.1 Å². The number of carbonyl (C=O) groups excluding carboxylic acids is 1. The van der Waals surface area contributed by atoms with E-state index in [1.54, 1.807) is 4.90 Å². The van der Waals surface area contributed by atoms with Crippen LogP contribution in [0.5, 0.6) is 0 Å². The molecule has 20 heavy (non-hydrogen) atoms. The van der Waals surface area contributed by atoms with Gasteiger partial charge in [0.1, 0.15) is 5.60 Å². The first-order valence-corrected chi connectivity index (χ1v) is 7.04. The van der Waals surface area contributed by atoms with Gasteiger partial charge in [-0.1, -0.05) is 13.8 Å². The maximum absolute atomic E-state index is 12.2. The molecule has 1 unspecified atom stereocenters. The second kappa shape index (κ2) is 6.43. The Hall–Kier alpha value is -1.30. The van der Waals surface area contributed by atoms with E-state index in [1.807, 2.05) is 39.5 Å². The minimum atomic E-state index is -0.835. The zero-order chi connectivity index (χ0) is 15.5. The van der Waals surface area contributed by atoms with E-state index in [1.165, 1.54) is 0 Å². The van der Waals surface area contributed by atoms with Crippen molar-refractivity contribution in [3.8, 4) is 0 Å². The summed E-state index contributed by atoms with van der Waals surface area (Å²) in [7, 11) is 0. The van der Waals surface area contributed by atoms with Gasteiger partial charge in [-0.3, -0.25) is 9.69 Å².